The lowest BCUT2D eigenvalue weighted by atomic mass is 10.1. The topological polar surface area (TPSA) is 92.5 Å². The van der Waals surface area contributed by atoms with Crippen LogP contribution in [0, 0.1) is 0 Å². The number of benzene rings is 2. The number of carbonyl (C=O) groups excluding carboxylic acids is 1. The fourth-order valence-corrected chi connectivity index (χ4v) is 4.26. The zero-order valence-corrected chi connectivity index (χ0v) is 21.1. The Morgan fingerprint density at radius 2 is 1.72 bits per heavy atom. The molecule has 1 aliphatic rings. The molecule has 192 valence electrons. The highest BCUT2D eigenvalue weighted by molar-refractivity contribution is 5.79. The van der Waals surface area contributed by atoms with Gasteiger partial charge in [0.25, 0.3) is 0 Å². The Kier molecular flexibility index (Phi) is 8.32. The first-order chi connectivity index (χ1) is 17.5. The van der Waals surface area contributed by atoms with Crippen LogP contribution in [0.3, 0.4) is 0 Å². The molecule has 1 saturated heterocycles. The van der Waals surface area contributed by atoms with Crippen LogP contribution < -0.4 is 18.9 Å². The van der Waals surface area contributed by atoms with Gasteiger partial charge in [0.2, 0.25) is 11.7 Å². The Balaban J connectivity index is 1.53. The van der Waals surface area contributed by atoms with E-state index in [1.165, 1.54) is 0 Å². The maximum absolute atomic E-state index is 13.3. The van der Waals surface area contributed by atoms with Crippen LogP contribution in [0.5, 0.6) is 23.0 Å². The largest absolute Gasteiger partial charge is 0.497 e. The molecule has 0 N–H and O–H groups in total. The summed E-state index contributed by atoms with van der Waals surface area (Å²) in [5.74, 6) is 2.80. The first-order valence-electron chi connectivity index (χ1n) is 11.8. The summed E-state index contributed by atoms with van der Waals surface area (Å²) in [5, 5.41) is 4.23. The predicted molar refractivity (Wildman–Crippen MR) is 133 cm³/mol. The summed E-state index contributed by atoms with van der Waals surface area (Å²) in [5.41, 5.74) is 2.27. The lowest BCUT2D eigenvalue weighted by Gasteiger charge is -2.24. The third-order valence-electron chi connectivity index (χ3n) is 6.18. The van der Waals surface area contributed by atoms with Crippen molar-refractivity contribution in [2.24, 2.45) is 0 Å². The lowest BCUT2D eigenvalue weighted by molar-refractivity contribution is -0.132. The van der Waals surface area contributed by atoms with Gasteiger partial charge in [0, 0.05) is 24.8 Å². The van der Waals surface area contributed by atoms with Crippen LogP contribution in [0.4, 0.5) is 0 Å². The highest BCUT2D eigenvalue weighted by Gasteiger charge is 2.24. The zero-order valence-electron chi connectivity index (χ0n) is 21.1. The van der Waals surface area contributed by atoms with Crippen LogP contribution >= 0.6 is 0 Å². The average Bonchev–Trinajstić information content (AvgIpc) is 3.60. The third kappa shape index (κ3) is 5.91. The maximum atomic E-state index is 13.3. The van der Waals surface area contributed by atoms with Crippen molar-refractivity contribution in [2.45, 2.75) is 31.9 Å². The van der Waals surface area contributed by atoms with E-state index in [9.17, 15) is 4.79 Å². The van der Waals surface area contributed by atoms with Crippen molar-refractivity contribution in [3.63, 3.8) is 0 Å². The van der Waals surface area contributed by atoms with Crippen molar-refractivity contribution in [1.82, 2.24) is 10.1 Å². The number of hydrogen-bond donors (Lipinski definition) is 0. The van der Waals surface area contributed by atoms with Gasteiger partial charge < -0.3 is 33.1 Å². The molecule has 0 radical (unpaired) electrons. The number of methoxy groups -OCH3 is 4. The number of amides is 1. The number of nitrogens with zero attached hydrogens (tertiary/aromatic N) is 2. The van der Waals surface area contributed by atoms with Gasteiger partial charge >= 0.3 is 0 Å². The molecule has 9 heteroatoms. The highest BCUT2D eigenvalue weighted by Crippen LogP contribution is 2.41. The molecule has 1 fully saturated rings. The summed E-state index contributed by atoms with van der Waals surface area (Å²) in [6.07, 6.45) is 2.22. The molecule has 1 unspecified atom stereocenters. The predicted octanol–water partition coefficient (Wildman–Crippen LogP) is 4.13. The Morgan fingerprint density at radius 1 is 1.00 bits per heavy atom. The van der Waals surface area contributed by atoms with Crippen molar-refractivity contribution in [1.29, 1.82) is 0 Å². The van der Waals surface area contributed by atoms with Gasteiger partial charge in [-0.2, -0.15) is 0 Å². The van der Waals surface area contributed by atoms with Crippen LogP contribution in [-0.2, 0) is 22.5 Å². The number of carbonyl (C=O) groups is 1. The van der Waals surface area contributed by atoms with Crippen molar-refractivity contribution < 1.29 is 33.0 Å². The molecule has 2 aromatic carbocycles. The van der Waals surface area contributed by atoms with Crippen molar-refractivity contribution in [3.8, 4) is 34.3 Å². The molecule has 0 spiro atoms. The minimum Gasteiger partial charge on any atom is -0.497 e. The summed E-state index contributed by atoms with van der Waals surface area (Å²) in [4.78, 5) is 15.1. The second-order valence-electron chi connectivity index (χ2n) is 8.53. The van der Waals surface area contributed by atoms with Gasteiger partial charge in [0.1, 0.15) is 11.4 Å². The summed E-state index contributed by atoms with van der Waals surface area (Å²) < 4.78 is 32.9. The maximum Gasteiger partial charge on any atom is 0.227 e. The minimum atomic E-state index is -0.00648. The summed E-state index contributed by atoms with van der Waals surface area (Å²) in [6, 6.07) is 12.9. The van der Waals surface area contributed by atoms with E-state index in [1.54, 1.807) is 45.5 Å². The van der Waals surface area contributed by atoms with E-state index < -0.39 is 0 Å². The molecule has 1 amide bonds. The van der Waals surface area contributed by atoms with E-state index in [0.29, 0.717) is 41.8 Å². The summed E-state index contributed by atoms with van der Waals surface area (Å²) in [6.45, 7) is 1.53. The van der Waals surface area contributed by atoms with Gasteiger partial charge in [-0.05, 0) is 42.7 Å². The molecule has 3 aromatic rings. The molecule has 1 aromatic heterocycles. The van der Waals surface area contributed by atoms with Crippen LogP contribution in [0.1, 0.15) is 24.1 Å². The fourth-order valence-electron chi connectivity index (χ4n) is 4.26. The second-order valence-corrected chi connectivity index (χ2v) is 8.53. The number of hydrogen-bond acceptors (Lipinski definition) is 8. The van der Waals surface area contributed by atoms with Gasteiger partial charge in [-0.3, -0.25) is 4.79 Å². The van der Waals surface area contributed by atoms with E-state index >= 15 is 0 Å². The molecule has 1 aliphatic heterocycles. The molecular weight excluding hydrogens is 464 g/mol. The number of ether oxygens (including phenoxy) is 5. The third-order valence-corrected chi connectivity index (χ3v) is 6.18. The lowest BCUT2D eigenvalue weighted by Crippen LogP contribution is -2.38. The zero-order chi connectivity index (χ0) is 25.5. The van der Waals surface area contributed by atoms with Gasteiger partial charge in [-0.25, -0.2) is 0 Å². The molecule has 1 atom stereocenters. The van der Waals surface area contributed by atoms with Crippen LogP contribution in [-0.4, -0.2) is 63.7 Å². The first-order valence-corrected chi connectivity index (χ1v) is 11.8. The quantitative estimate of drug-likeness (QED) is 0.391. The molecule has 2 heterocycles. The smallest absolute Gasteiger partial charge is 0.227 e. The first kappa shape index (κ1) is 25.4. The van der Waals surface area contributed by atoms with Crippen LogP contribution in [0.2, 0.25) is 0 Å². The SMILES string of the molecule is COc1ccc(CC(=O)N(Cc2cc(-c3cc(OC)c(OC)c(OC)c3)on2)CC2CCCO2)cc1. The molecule has 0 saturated carbocycles. The van der Waals surface area contributed by atoms with E-state index in [2.05, 4.69) is 5.16 Å². The summed E-state index contributed by atoms with van der Waals surface area (Å²) in [7, 11) is 6.29. The fraction of sp³-hybridized carbons (Fsp3) is 0.407. The number of rotatable bonds is 11. The van der Waals surface area contributed by atoms with Gasteiger partial charge in [-0.1, -0.05) is 17.3 Å². The van der Waals surface area contributed by atoms with Crippen molar-refractivity contribution in [3.05, 3.63) is 53.7 Å². The molecule has 9 nitrogen and oxygen atoms in total. The second kappa shape index (κ2) is 11.8. The molecule has 0 aliphatic carbocycles. The van der Waals surface area contributed by atoms with E-state index in [-0.39, 0.29) is 18.4 Å². The van der Waals surface area contributed by atoms with Crippen LogP contribution in [0.15, 0.2) is 47.0 Å². The Bertz CT molecular complexity index is 1130. The van der Waals surface area contributed by atoms with Gasteiger partial charge in [0.05, 0.1) is 47.5 Å². The standard InChI is InChI=1S/C27H32N2O7/c1-31-21-9-7-18(8-10-21)12-26(30)29(17-22-6-5-11-35-22)16-20-15-23(36-28-20)19-13-24(32-2)27(34-4)25(14-19)33-3/h7-10,13-15,22H,5-6,11-12,16-17H2,1-4H3. The van der Waals surface area contributed by atoms with E-state index in [0.717, 1.165) is 36.3 Å². The minimum absolute atomic E-state index is 0.00648. The normalized spacial score (nSPS) is 14.9. The van der Waals surface area contributed by atoms with Crippen LogP contribution in [0.25, 0.3) is 11.3 Å². The molecular formula is C27H32N2O7. The van der Waals surface area contributed by atoms with Gasteiger partial charge in [-0.15, -0.1) is 0 Å². The average molecular weight is 497 g/mol. The van der Waals surface area contributed by atoms with Crippen molar-refractivity contribution in [2.75, 3.05) is 41.6 Å². The van der Waals surface area contributed by atoms with E-state index in [4.69, 9.17) is 28.2 Å². The summed E-state index contributed by atoms with van der Waals surface area (Å²) >= 11 is 0. The Labute approximate surface area is 210 Å². The molecule has 36 heavy (non-hydrogen) atoms. The van der Waals surface area contributed by atoms with Gasteiger partial charge in [0.15, 0.2) is 17.3 Å². The number of aromatic nitrogens is 1. The van der Waals surface area contributed by atoms with Crippen molar-refractivity contribution >= 4 is 5.91 Å². The molecule has 4 rings (SSSR count). The Hall–Kier alpha value is -3.72. The molecule has 0 bridgehead atoms. The monoisotopic (exact) mass is 496 g/mol. The highest BCUT2D eigenvalue weighted by atomic mass is 16.5. The van der Waals surface area contributed by atoms with E-state index in [1.807, 2.05) is 30.3 Å². The Morgan fingerprint density at radius 3 is 2.31 bits per heavy atom.